The van der Waals surface area contributed by atoms with Gasteiger partial charge >= 0.3 is 10.4 Å². The van der Waals surface area contributed by atoms with Crippen LogP contribution in [0, 0.1) is 11.6 Å². The summed E-state index contributed by atoms with van der Waals surface area (Å²) in [5, 5.41) is 0. The SMILES string of the molecule is O=S(=O)(O)Oc1ccc(F)cc1F. The highest BCUT2D eigenvalue weighted by atomic mass is 32.3. The third-order valence-corrected chi connectivity index (χ3v) is 1.48. The van der Waals surface area contributed by atoms with Gasteiger partial charge < -0.3 is 4.18 Å². The van der Waals surface area contributed by atoms with E-state index in [0.29, 0.717) is 6.07 Å². The first-order chi connectivity index (χ1) is 5.88. The lowest BCUT2D eigenvalue weighted by Crippen LogP contribution is -2.07. The van der Waals surface area contributed by atoms with Gasteiger partial charge in [0, 0.05) is 6.07 Å². The van der Waals surface area contributed by atoms with E-state index in [9.17, 15) is 17.2 Å². The van der Waals surface area contributed by atoms with E-state index in [1.807, 2.05) is 0 Å². The molecule has 0 atom stereocenters. The Kier molecular flexibility index (Phi) is 2.48. The van der Waals surface area contributed by atoms with E-state index in [1.165, 1.54) is 0 Å². The summed E-state index contributed by atoms with van der Waals surface area (Å²) in [5.74, 6) is -2.85. The predicted molar refractivity (Wildman–Crippen MR) is 38.5 cm³/mol. The maximum atomic E-state index is 12.6. The molecule has 13 heavy (non-hydrogen) atoms. The van der Waals surface area contributed by atoms with Crippen molar-refractivity contribution >= 4 is 10.4 Å². The average molecular weight is 210 g/mol. The van der Waals surface area contributed by atoms with Crippen molar-refractivity contribution in [2.75, 3.05) is 0 Å². The highest BCUT2D eigenvalue weighted by Gasteiger charge is 2.11. The molecule has 0 aliphatic rings. The van der Waals surface area contributed by atoms with Crippen molar-refractivity contribution in [1.82, 2.24) is 0 Å². The smallest absolute Gasteiger partial charge is 0.359 e. The summed E-state index contributed by atoms with van der Waals surface area (Å²) in [7, 11) is -4.77. The van der Waals surface area contributed by atoms with Crippen LogP contribution in [-0.4, -0.2) is 13.0 Å². The van der Waals surface area contributed by atoms with Crippen molar-refractivity contribution < 1.29 is 25.9 Å². The first kappa shape index (κ1) is 9.87. The molecule has 0 saturated heterocycles. The summed E-state index contributed by atoms with van der Waals surface area (Å²) in [6.07, 6.45) is 0. The molecule has 72 valence electrons. The highest BCUT2D eigenvalue weighted by molar-refractivity contribution is 7.81. The summed E-state index contributed by atoms with van der Waals surface area (Å²) >= 11 is 0. The van der Waals surface area contributed by atoms with Crippen LogP contribution in [0.5, 0.6) is 5.75 Å². The van der Waals surface area contributed by atoms with Crippen LogP contribution in [0.2, 0.25) is 0 Å². The number of hydrogen-bond donors (Lipinski definition) is 1. The second kappa shape index (κ2) is 3.27. The molecule has 1 aromatic rings. The van der Waals surface area contributed by atoms with E-state index in [4.69, 9.17) is 4.55 Å². The highest BCUT2D eigenvalue weighted by Crippen LogP contribution is 2.18. The van der Waals surface area contributed by atoms with Crippen LogP contribution >= 0.6 is 0 Å². The quantitative estimate of drug-likeness (QED) is 0.743. The Balaban J connectivity index is 3.04. The lowest BCUT2D eigenvalue weighted by atomic mass is 10.3. The van der Waals surface area contributed by atoms with E-state index >= 15 is 0 Å². The largest absolute Gasteiger partial charge is 0.446 e. The fraction of sp³-hybridized carbons (Fsp3) is 0. The molecule has 0 aromatic heterocycles. The number of hydrogen-bond acceptors (Lipinski definition) is 3. The molecular formula is C6H4F2O4S. The first-order valence-corrected chi connectivity index (χ1v) is 4.37. The van der Waals surface area contributed by atoms with Crippen LogP contribution < -0.4 is 4.18 Å². The molecule has 0 unspecified atom stereocenters. The summed E-state index contributed by atoms with van der Waals surface area (Å²) in [6.45, 7) is 0. The molecule has 0 aliphatic heterocycles. The Morgan fingerprint density at radius 2 is 1.92 bits per heavy atom. The third-order valence-electron chi connectivity index (χ3n) is 1.09. The monoisotopic (exact) mass is 210 g/mol. The van der Waals surface area contributed by atoms with Crippen molar-refractivity contribution in [1.29, 1.82) is 0 Å². The van der Waals surface area contributed by atoms with Crippen LogP contribution in [0.1, 0.15) is 0 Å². The second-order valence-corrected chi connectivity index (χ2v) is 3.11. The van der Waals surface area contributed by atoms with Crippen molar-refractivity contribution in [3.63, 3.8) is 0 Å². The molecular weight excluding hydrogens is 206 g/mol. The Morgan fingerprint density at radius 1 is 1.31 bits per heavy atom. The van der Waals surface area contributed by atoms with Gasteiger partial charge in [0.05, 0.1) is 0 Å². The van der Waals surface area contributed by atoms with E-state index in [1.54, 1.807) is 0 Å². The van der Waals surface area contributed by atoms with Gasteiger partial charge in [-0.15, -0.1) is 0 Å². The fourth-order valence-corrected chi connectivity index (χ4v) is 1.02. The van der Waals surface area contributed by atoms with Gasteiger partial charge in [-0.3, -0.25) is 4.55 Å². The van der Waals surface area contributed by atoms with Crippen molar-refractivity contribution in [2.45, 2.75) is 0 Å². The minimum absolute atomic E-state index is 0.431. The molecule has 1 rings (SSSR count). The van der Waals surface area contributed by atoms with E-state index in [2.05, 4.69) is 4.18 Å². The van der Waals surface area contributed by atoms with Crippen LogP contribution in [-0.2, 0) is 10.4 Å². The maximum absolute atomic E-state index is 12.6. The van der Waals surface area contributed by atoms with Gasteiger partial charge in [0.1, 0.15) is 5.82 Å². The van der Waals surface area contributed by atoms with Gasteiger partial charge in [0.15, 0.2) is 11.6 Å². The zero-order valence-electron chi connectivity index (χ0n) is 6.07. The van der Waals surface area contributed by atoms with Gasteiger partial charge in [-0.2, -0.15) is 8.42 Å². The van der Waals surface area contributed by atoms with Crippen LogP contribution in [0.4, 0.5) is 8.78 Å². The van der Waals surface area contributed by atoms with Crippen molar-refractivity contribution in [2.24, 2.45) is 0 Å². The van der Waals surface area contributed by atoms with Gasteiger partial charge in [-0.25, -0.2) is 8.78 Å². The summed E-state index contributed by atoms with van der Waals surface area (Å²) in [4.78, 5) is 0. The van der Waals surface area contributed by atoms with Crippen molar-refractivity contribution in [3.8, 4) is 5.75 Å². The number of halogens is 2. The number of rotatable bonds is 2. The minimum atomic E-state index is -4.77. The Labute approximate surface area is 72.7 Å². The topological polar surface area (TPSA) is 63.6 Å². The standard InChI is InChI=1S/C6H4F2O4S/c7-4-1-2-6(5(8)3-4)12-13(9,10)11/h1-3H,(H,9,10,11). The zero-order chi connectivity index (χ0) is 10.1. The lowest BCUT2D eigenvalue weighted by molar-refractivity contribution is 0.375. The predicted octanol–water partition coefficient (Wildman–Crippen LogP) is 1.15. The second-order valence-electron chi connectivity index (χ2n) is 2.09. The van der Waals surface area contributed by atoms with Crippen LogP contribution in [0.15, 0.2) is 18.2 Å². The first-order valence-electron chi connectivity index (χ1n) is 3.00. The fourth-order valence-electron chi connectivity index (χ4n) is 0.656. The van der Waals surface area contributed by atoms with Gasteiger partial charge in [0.2, 0.25) is 0 Å². The molecule has 1 aromatic carbocycles. The minimum Gasteiger partial charge on any atom is -0.359 e. The molecule has 0 fully saturated rings. The Morgan fingerprint density at radius 3 is 2.38 bits per heavy atom. The zero-order valence-corrected chi connectivity index (χ0v) is 6.88. The summed E-state index contributed by atoms with van der Waals surface area (Å²) in [6, 6.07) is 1.97. The van der Waals surface area contributed by atoms with Gasteiger partial charge in [-0.1, -0.05) is 0 Å². The third kappa shape index (κ3) is 2.96. The van der Waals surface area contributed by atoms with Crippen LogP contribution in [0.25, 0.3) is 0 Å². The molecule has 0 bridgehead atoms. The maximum Gasteiger partial charge on any atom is 0.446 e. The van der Waals surface area contributed by atoms with Crippen molar-refractivity contribution in [3.05, 3.63) is 29.8 Å². The molecule has 0 spiro atoms. The summed E-state index contributed by atoms with van der Waals surface area (Å²) < 4.78 is 57.1. The molecule has 0 aliphatic carbocycles. The van der Waals surface area contributed by atoms with Gasteiger partial charge in [0.25, 0.3) is 0 Å². The molecule has 0 saturated carbocycles. The molecule has 0 amide bonds. The number of benzene rings is 1. The molecule has 0 heterocycles. The van der Waals surface area contributed by atoms with E-state index in [-0.39, 0.29) is 0 Å². The van der Waals surface area contributed by atoms with E-state index in [0.717, 1.165) is 12.1 Å². The Bertz CT molecular complexity index is 415. The lowest BCUT2D eigenvalue weighted by Gasteiger charge is -2.01. The Hall–Kier alpha value is -1.21. The molecule has 0 radical (unpaired) electrons. The van der Waals surface area contributed by atoms with Crippen LogP contribution in [0.3, 0.4) is 0 Å². The summed E-state index contributed by atoms with van der Waals surface area (Å²) in [5.41, 5.74) is 0. The van der Waals surface area contributed by atoms with Gasteiger partial charge in [-0.05, 0) is 12.1 Å². The molecule has 7 heteroatoms. The average Bonchev–Trinajstić information content (AvgIpc) is 1.93. The normalized spacial score (nSPS) is 11.3. The molecule has 4 nitrogen and oxygen atoms in total. The van der Waals surface area contributed by atoms with E-state index < -0.39 is 27.8 Å². The molecule has 1 N–H and O–H groups in total.